The van der Waals surface area contributed by atoms with Gasteiger partial charge in [0, 0.05) is 17.4 Å². The molecule has 0 bridgehead atoms. The monoisotopic (exact) mass is 189 g/mol. The number of nitrogens with zero attached hydrogens (tertiary/aromatic N) is 3. The van der Waals surface area contributed by atoms with Gasteiger partial charge in [-0.3, -0.25) is 9.97 Å². The molecule has 0 saturated carbocycles. The van der Waals surface area contributed by atoms with E-state index in [1.807, 2.05) is 6.07 Å². The molecule has 0 spiro atoms. The van der Waals surface area contributed by atoms with Crippen LogP contribution >= 0.6 is 11.6 Å². The van der Waals surface area contributed by atoms with E-state index in [4.69, 9.17) is 16.9 Å². The van der Waals surface area contributed by atoms with Gasteiger partial charge in [0.15, 0.2) is 0 Å². The Hall–Kier alpha value is -1.66. The maximum atomic E-state index is 8.78. The fourth-order valence-corrected chi connectivity index (χ4v) is 1.34. The quantitative estimate of drug-likeness (QED) is 0.638. The molecule has 0 radical (unpaired) electrons. The Balaban J connectivity index is 2.91. The summed E-state index contributed by atoms with van der Waals surface area (Å²) in [5.41, 5.74) is 1.69. The third-order valence-corrected chi connectivity index (χ3v) is 1.88. The van der Waals surface area contributed by atoms with Crippen molar-refractivity contribution in [3.63, 3.8) is 0 Å². The maximum Gasteiger partial charge on any atom is 0.106 e. The first-order valence-electron chi connectivity index (χ1n) is 3.61. The van der Waals surface area contributed by atoms with Gasteiger partial charge in [0.05, 0.1) is 11.1 Å². The van der Waals surface area contributed by atoms with Crippen molar-refractivity contribution in [2.24, 2.45) is 0 Å². The molecule has 0 aliphatic carbocycles. The van der Waals surface area contributed by atoms with Crippen LogP contribution in [0.1, 0.15) is 5.56 Å². The van der Waals surface area contributed by atoms with E-state index in [9.17, 15) is 0 Å². The molecule has 3 nitrogen and oxygen atoms in total. The van der Waals surface area contributed by atoms with Gasteiger partial charge in [-0.2, -0.15) is 5.26 Å². The van der Waals surface area contributed by atoms with Crippen molar-refractivity contribution >= 4 is 22.6 Å². The first kappa shape index (κ1) is 7.96. The lowest BCUT2D eigenvalue weighted by Gasteiger charge is -1.97. The molecule has 0 unspecified atom stereocenters. The number of benzene rings is 1. The molecule has 0 aliphatic rings. The number of hydrogen-bond acceptors (Lipinski definition) is 3. The second kappa shape index (κ2) is 3.00. The summed E-state index contributed by atoms with van der Waals surface area (Å²) in [6.45, 7) is 0. The average molecular weight is 190 g/mol. The number of fused-ring (bicyclic) bond motifs is 1. The Bertz CT molecular complexity index is 502. The van der Waals surface area contributed by atoms with E-state index in [2.05, 4.69) is 9.97 Å². The summed E-state index contributed by atoms with van der Waals surface area (Å²) in [6.07, 6.45) is 3.12. The highest BCUT2D eigenvalue weighted by molar-refractivity contribution is 6.31. The topological polar surface area (TPSA) is 49.6 Å². The van der Waals surface area contributed by atoms with Gasteiger partial charge in [-0.15, -0.1) is 0 Å². The zero-order valence-electron chi connectivity index (χ0n) is 6.53. The summed E-state index contributed by atoms with van der Waals surface area (Å²) in [4.78, 5) is 8.10. The van der Waals surface area contributed by atoms with Gasteiger partial charge < -0.3 is 0 Å². The minimum absolute atomic E-state index is 0.454. The van der Waals surface area contributed by atoms with E-state index >= 15 is 0 Å². The van der Waals surface area contributed by atoms with Crippen molar-refractivity contribution in [3.05, 3.63) is 35.1 Å². The van der Waals surface area contributed by atoms with E-state index in [-0.39, 0.29) is 0 Å². The van der Waals surface area contributed by atoms with Gasteiger partial charge >= 0.3 is 0 Å². The van der Waals surface area contributed by atoms with Crippen LogP contribution in [-0.4, -0.2) is 9.97 Å². The molecular formula is C9H4ClN3. The SMILES string of the molecule is N#Cc1cc(Cl)cc2nccnc12. The molecule has 0 atom stereocenters. The Morgan fingerprint density at radius 2 is 2.00 bits per heavy atom. The highest BCUT2D eigenvalue weighted by Gasteiger charge is 2.03. The van der Waals surface area contributed by atoms with Crippen LogP contribution in [0.5, 0.6) is 0 Å². The zero-order chi connectivity index (χ0) is 9.26. The smallest absolute Gasteiger partial charge is 0.106 e. The standard InChI is InChI=1S/C9H4ClN3/c10-7-3-6(5-11)9-8(4-7)12-1-2-13-9/h1-4H. The second-order valence-electron chi connectivity index (χ2n) is 2.49. The molecule has 0 N–H and O–H groups in total. The van der Waals surface area contributed by atoms with Gasteiger partial charge in [-0.1, -0.05) is 11.6 Å². The van der Waals surface area contributed by atoms with E-state index in [1.165, 1.54) is 0 Å². The molecular weight excluding hydrogens is 186 g/mol. The first-order valence-corrected chi connectivity index (χ1v) is 3.99. The summed E-state index contributed by atoms with van der Waals surface area (Å²) in [7, 11) is 0. The van der Waals surface area contributed by atoms with Crippen molar-refractivity contribution in [1.82, 2.24) is 9.97 Å². The minimum atomic E-state index is 0.454. The van der Waals surface area contributed by atoms with Crippen LogP contribution in [0, 0.1) is 11.3 Å². The molecule has 1 aromatic carbocycles. The van der Waals surface area contributed by atoms with Crippen molar-refractivity contribution < 1.29 is 0 Å². The average Bonchev–Trinajstić information content (AvgIpc) is 2.16. The van der Waals surface area contributed by atoms with Crippen molar-refractivity contribution in [3.8, 4) is 6.07 Å². The molecule has 2 rings (SSSR count). The van der Waals surface area contributed by atoms with E-state index in [0.29, 0.717) is 21.6 Å². The van der Waals surface area contributed by atoms with E-state index in [0.717, 1.165) is 0 Å². The Morgan fingerprint density at radius 3 is 2.77 bits per heavy atom. The fourth-order valence-electron chi connectivity index (χ4n) is 1.13. The predicted octanol–water partition coefficient (Wildman–Crippen LogP) is 2.15. The maximum absolute atomic E-state index is 8.78. The molecule has 0 aliphatic heterocycles. The molecule has 62 valence electrons. The van der Waals surface area contributed by atoms with Crippen LogP contribution in [-0.2, 0) is 0 Å². The highest BCUT2D eigenvalue weighted by Crippen LogP contribution is 2.19. The number of nitriles is 1. The molecule has 0 saturated heterocycles. The van der Waals surface area contributed by atoms with Gasteiger partial charge in [0.25, 0.3) is 0 Å². The Kier molecular flexibility index (Phi) is 1.84. The number of hydrogen-bond donors (Lipinski definition) is 0. The molecule has 4 heteroatoms. The molecule has 0 fully saturated rings. The highest BCUT2D eigenvalue weighted by atomic mass is 35.5. The fraction of sp³-hybridized carbons (Fsp3) is 0. The van der Waals surface area contributed by atoms with Crippen LogP contribution in [0.2, 0.25) is 5.02 Å². The zero-order valence-corrected chi connectivity index (χ0v) is 7.28. The van der Waals surface area contributed by atoms with E-state index in [1.54, 1.807) is 24.5 Å². The van der Waals surface area contributed by atoms with Gasteiger partial charge in [0.1, 0.15) is 11.6 Å². The van der Waals surface area contributed by atoms with Crippen LogP contribution < -0.4 is 0 Å². The predicted molar refractivity (Wildman–Crippen MR) is 49.3 cm³/mol. The number of aromatic nitrogens is 2. The van der Waals surface area contributed by atoms with Gasteiger partial charge in [-0.05, 0) is 12.1 Å². The van der Waals surface area contributed by atoms with Gasteiger partial charge in [-0.25, -0.2) is 0 Å². The molecule has 1 heterocycles. The van der Waals surface area contributed by atoms with Crippen LogP contribution in [0.25, 0.3) is 11.0 Å². The second-order valence-corrected chi connectivity index (χ2v) is 2.93. The molecule has 0 amide bonds. The third-order valence-electron chi connectivity index (χ3n) is 1.66. The van der Waals surface area contributed by atoms with E-state index < -0.39 is 0 Å². The normalized spacial score (nSPS) is 9.85. The summed E-state index contributed by atoms with van der Waals surface area (Å²) >= 11 is 5.78. The summed E-state index contributed by atoms with van der Waals surface area (Å²) in [6, 6.07) is 5.29. The van der Waals surface area contributed by atoms with Gasteiger partial charge in [0.2, 0.25) is 0 Å². The largest absolute Gasteiger partial charge is 0.253 e. The third kappa shape index (κ3) is 1.32. The number of rotatable bonds is 0. The van der Waals surface area contributed by atoms with Crippen molar-refractivity contribution in [1.29, 1.82) is 5.26 Å². The number of halogens is 1. The summed E-state index contributed by atoms with van der Waals surface area (Å²) in [5.74, 6) is 0. The first-order chi connectivity index (χ1) is 6.31. The minimum Gasteiger partial charge on any atom is -0.253 e. The van der Waals surface area contributed by atoms with Crippen LogP contribution in [0.3, 0.4) is 0 Å². The lowest BCUT2D eigenvalue weighted by atomic mass is 10.2. The molecule has 13 heavy (non-hydrogen) atoms. The Morgan fingerprint density at radius 1 is 1.23 bits per heavy atom. The van der Waals surface area contributed by atoms with Crippen molar-refractivity contribution in [2.75, 3.05) is 0 Å². The summed E-state index contributed by atoms with van der Waals surface area (Å²) < 4.78 is 0. The van der Waals surface area contributed by atoms with Crippen LogP contribution in [0.15, 0.2) is 24.5 Å². The van der Waals surface area contributed by atoms with Crippen molar-refractivity contribution in [2.45, 2.75) is 0 Å². The molecule has 1 aromatic heterocycles. The lowest BCUT2D eigenvalue weighted by molar-refractivity contribution is 1.29. The lowest BCUT2D eigenvalue weighted by Crippen LogP contribution is -1.86. The van der Waals surface area contributed by atoms with Crippen LogP contribution in [0.4, 0.5) is 0 Å². The summed E-state index contributed by atoms with van der Waals surface area (Å²) in [5, 5.41) is 9.29. The molecule has 2 aromatic rings. The Labute approximate surface area is 79.6 Å².